The van der Waals surface area contributed by atoms with Gasteiger partial charge in [-0.2, -0.15) is 0 Å². The highest BCUT2D eigenvalue weighted by molar-refractivity contribution is 5.91. The number of carbonyl (C=O) groups excluding carboxylic acids is 1. The van der Waals surface area contributed by atoms with E-state index in [0.717, 1.165) is 23.1 Å². The van der Waals surface area contributed by atoms with Crippen LogP contribution >= 0.6 is 0 Å². The van der Waals surface area contributed by atoms with Gasteiger partial charge in [-0.25, -0.2) is 9.18 Å². The van der Waals surface area contributed by atoms with Crippen molar-refractivity contribution in [3.05, 3.63) is 58.9 Å². The zero-order chi connectivity index (χ0) is 24.4. The van der Waals surface area contributed by atoms with Crippen molar-refractivity contribution in [2.24, 2.45) is 5.41 Å². The van der Waals surface area contributed by atoms with Gasteiger partial charge in [0.25, 0.3) is 0 Å². The number of nitrogens with zero attached hydrogens (tertiary/aromatic N) is 1. The van der Waals surface area contributed by atoms with Gasteiger partial charge in [-0.3, -0.25) is 4.90 Å². The number of aryl methyl sites for hydroxylation is 1. The molecule has 0 spiro atoms. The fourth-order valence-corrected chi connectivity index (χ4v) is 4.60. The van der Waals surface area contributed by atoms with Gasteiger partial charge in [-0.15, -0.1) is 0 Å². The maximum Gasteiger partial charge on any atom is 0.415 e. The summed E-state index contributed by atoms with van der Waals surface area (Å²) in [4.78, 5) is 14.5. The Balaban J connectivity index is 1.70. The van der Waals surface area contributed by atoms with Crippen molar-refractivity contribution in [3.63, 3.8) is 0 Å². The number of fused-ring (bicyclic) bond motifs is 1. The average molecular weight is 458 g/mol. The molecule has 0 fully saturated rings. The van der Waals surface area contributed by atoms with Crippen LogP contribution in [0.15, 0.2) is 36.4 Å². The van der Waals surface area contributed by atoms with E-state index in [2.05, 4.69) is 13.8 Å². The van der Waals surface area contributed by atoms with E-state index < -0.39 is 17.8 Å². The number of aliphatic hydroxyl groups excluding tert-OH is 1. The number of hydrogen-bond donors (Lipinski definition) is 2. The predicted octanol–water partition coefficient (Wildman–Crippen LogP) is 6.74. The molecule has 1 atom stereocenters. The number of amides is 1. The molecule has 1 unspecified atom stereocenters. The fraction of sp³-hybridized carbons (Fsp3) is 0.519. The minimum absolute atomic E-state index is 0.162. The molecule has 1 aliphatic heterocycles. The molecule has 33 heavy (non-hydrogen) atoms. The lowest BCUT2D eigenvalue weighted by Gasteiger charge is -2.42. The zero-order valence-electron chi connectivity index (χ0n) is 20.3. The van der Waals surface area contributed by atoms with Gasteiger partial charge >= 0.3 is 6.09 Å². The second-order valence-corrected chi connectivity index (χ2v) is 9.90. The number of carbonyl (C=O) groups is 1. The molecule has 0 saturated carbocycles. The summed E-state index contributed by atoms with van der Waals surface area (Å²) < 4.78 is 20.0. The van der Waals surface area contributed by atoms with Crippen LogP contribution in [-0.4, -0.2) is 22.9 Å². The molecule has 180 valence electrons. The van der Waals surface area contributed by atoms with Gasteiger partial charge in [-0.05, 0) is 79.8 Å². The number of rotatable bonds is 9. The number of benzene rings is 2. The summed E-state index contributed by atoms with van der Waals surface area (Å²) in [7, 11) is 0. The Hall–Kier alpha value is -2.60. The van der Waals surface area contributed by atoms with Crippen LogP contribution in [0.3, 0.4) is 0 Å². The molecule has 1 heterocycles. The summed E-state index contributed by atoms with van der Waals surface area (Å²) in [6, 6.07) is 9.73. The fourth-order valence-electron chi connectivity index (χ4n) is 4.60. The Morgan fingerprint density at radius 1 is 1.12 bits per heavy atom. The smallest absolute Gasteiger partial charge is 0.415 e. The normalized spacial score (nSPS) is 16.3. The summed E-state index contributed by atoms with van der Waals surface area (Å²) in [6.07, 6.45) is 2.15. The number of aliphatic hydroxyl groups is 1. The van der Waals surface area contributed by atoms with E-state index in [4.69, 9.17) is 4.74 Å². The maximum atomic E-state index is 14.1. The Bertz CT molecular complexity index is 1000. The number of anilines is 1. The quantitative estimate of drug-likeness (QED) is 0.437. The van der Waals surface area contributed by atoms with E-state index in [0.29, 0.717) is 37.9 Å². The minimum Gasteiger partial charge on any atom is -0.508 e. The number of hydrogen-bond acceptors (Lipinski definition) is 4. The van der Waals surface area contributed by atoms with Gasteiger partial charge in [0.2, 0.25) is 0 Å². The lowest BCUT2D eigenvalue weighted by molar-refractivity contribution is -0.00155. The first-order valence-electron chi connectivity index (χ1n) is 11.8. The second-order valence-electron chi connectivity index (χ2n) is 9.90. The second kappa shape index (κ2) is 9.72. The van der Waals surface area contributed by atoms with E-state index in [1.807, 2.05) is 13.8 Å². The number of cyclic esters (lactones) is 1. The van der Waals surface area contributed by atoms with Gasteiger partial charge in [0.15, 0.2) is 0 Å². The number of phenols is 1. The molecule has 0 bridgehead atoms. The van der Waals surface area contributed by atoms with Crippen molar-refractivity contribution in [1.82, 2.24) is 0 Å². The zero-order valence-corrected chi connectivity index (χ0v) is 20.3. The lowest BCUT2D eigenvalue weighted by Crippen LogP contribution is -2.46. The molecule has 2 aromatic rings. The molecule has 6 heteroatoms. The SMILES string of the molecule is CCC1(CC)OC(=O)N(CCC(C)(C)CCC(O)c2ccc(O)c(C)c2)c2cc(F)ccc21. The van der Waals surface area contributed by atoms with Crippen LogP contribution in [0.25, 0.3) is 0 Å². The highest BCUT2D eigenvalue weighted by atomic mass is 19.1. The molecule has 0 aromatic heterocycles. The van der Waals surface area contributed by atoms with E-state index in [1.165, 1.54) is 12.1 Å². The first-order valence-corrected chi connectivity index (χ1v) is 11.8. The molecular weight excluding hydrogens is 421 g/mol. The lowest BCUT2D eigenvalue weighted by atomic mass is 9.82. The Kier molecular flexibility index (Phi) is 7.37. The van der Waals surface area contributed by atoms with Gasteiger partial charge in [-0.1, -0.05) is 39.8 Å². The van der Waals surface area contributed by atoms with E-state index in [9.17, 15) is 19.4 Å². The summed E-state index contributed by atoms with van der Waals surface area (Å²) in [6.45, 7) is 10.4. The van der Waals surface area contributed by atoms with Crippen LogP contribution in [0.5, 0.6) is 5.75 Å². The van der Waals surface area contributed by atoms with Crippen molar-refractivity contribution in [3.8, 4) is 5.75 Å². The Morgan fingerprint density at radius 2 is 1.82 bits per heavy atom. The van der Waals surface area contributed by atoms with Crippen LogP contribution in [0, 0.1) is 18.2 Å². The third-order valence-corrected chi connectivity index (χ3v) is 7.10. The van der Waals surface area contributed by atoms with E-state index >= 15 is 0 Å². The Labute approximate surface area is 196 Å². The molecule has 0 radical (unpaired) electrons. The molecule has 1 amide bonds. The van der Waals surface area contributed by atoms with Crippen LogP contribution in [-0.2, 0) is 10.3 Å². The summed E-state index contributed by atoms with van der Waals surface area (Å²) >= 11 is 0. The average Bonchev–Trinajstić information content (AvgIpc) is 2.78. The molecule has 3 rings (SSSR count). The van der Waals surface area contributed by atoms with Crippen molar-refractivity contribution in [2.45, 2.75) is 78.4 Å². The monoisotopic (exact) mass is 457 g/mol. The number of aromatic hydroxyl groups is 1. The maximum absolute atomic E-state index is 14.1. The van der Waals surface area contributed by atoms with Crippen LogP contribution in [0.4, 0.5) is 14.9 Å². The molecule has 2 aromatic carbocycles. The van der Waals surface area contributed by atoms with Crippen LogP contribution in [0.1, 0.15) is 82.6 Å². The summed E-state index contributed by atoms with van der Waals surface area (Å²) in [5, 5.41) is 20.3. The highest BCUT2D eigenvalue weighted by Gasteiger charge is 2.43. The molecule has 5 nitrogen and oxygen atoms in total. The van der Waals surface area contributed by atoms with Crippen molar-refractivity contribution in [1.29, 1.82) is 0 Å². The minimum atomic E-state index is -0.724. The molecule has 2 N–H and O–H groups in total. The molecule has 1 aliphatic rings. The highest BCUT2D eigenvalue weighted by Crippen LogP contribution is 2.44. The third kappa shape index (κ3) is 5.32. The van der Waals surface area contributed by atoms with Crippen molar-refractivity contribution in [2.75, 3.05) is 11.4 Å². The summed E-state index contributed by atoms with van der Waals surface area (Å²) in [5.41, 5.74) is 2.06. The first kappa shape index (κ1) is 25.0. The topological polar surface area (TPSA) is 70.0 Å². The number of phenolic OH excluding ortho intramolecular Hbond substituents is 1. The van der Waals surface area contributed by atoms with Gasteiger partial charge in [0, 0.05) is 12.1 Å². The third-order valence-electron chi connectivity index (χ3n) is 7.10. The number of halogens is 1. The molecule has 0 aliphatic carbocycles. The number of ether oxygens (including phenoxy) is 1. The first-order chi connectivity index (χ1) is 15.5. The van der Waals surface area contributed by atoms with Crippen molar-refractivity contribution < 1.29 is 24.1 Å². The van der Waals surface area contributed by atoms with Crippen LogP contribution in [0.2, 0.25) is 0 Å². The van der Waals surface area contributed by atoms with E-state index in [1.54, 1.807) is 36.1 Å². The van der Waals surface area contributed by atoms with E-state index in [-0.39, 0.29) is 17.0 Å². The van der Waals surface area contributed by atoms with Crippen molar-refractivity contribution >= 4 is 11.8 Å². The van der Waals surface area contributed by atoms with Gasteiger partial charge in [0.05, 0.1) is 11.8 Å². The Morgan fingerprint density at radius 3 is 2.45 bits per heavy atom. The largest absolute Gasteiger partial charge is 0.508 e. The van der Waals surface area contributed by atoms with Gasteiger partial charge < -0.3 is 14.9 Å². The van der Waals surface area contributed by atoms with Crippen LogP contribution < -0.4 is 4.90 Å². The standard InChI is InChI=1S/C27H36FNO4/c1-6-27(7-2)21-10-9-20(28)17-22(21)29(25(32)33-27)15-14-26(4,5)13-12-24(31)19-8-11-23(30)18(3)16-19/h8-11,16-17,24,30-31H,6-7,12-15H2,1-5H3. The predicted molar refractivity (Wildman–Crippen MR) is 128 cm³/mol. The molecule has 0 saturated heterocycles. The van der Waals surface area contributed by atoms with Gasteiger partial charge in [0.1, 0.15) is 17.2 Å². The molecular formula is C27H36FNO4. The summed E-state index contributed by atoms with van der Waals surface area (Å²) in [5.74, 6) is -0.160.